The average Bonchev–Trinajstić information content (AvgIpc) is 2.55. The lowest BCUT2D eigenvalue weighted by Gasteiger charge is -2.12. The zero-order chi connectivity index (χ0) is 15.9. The highest BCUT2D eigenvalue weighted by Crippen LogP contribution is 2.18. The third-order valence-corrected chi connectivity index (χ3v) is 3.36. The summed E-state index contributed by atoms with van der Waals surface area (Å²) in [5, 5.41) is 2.85. The van der Waals surface area contributed by atoms with Crippen molar-refractivity contribution in [2.75, 3.05) is 11.9 Å². The minimum atomic E-state index is -0.363. The number of benzene rings is 2. The zero-order valence-electron chi connectivity index (χ0n) is 12.7. The molecule has 0 aliphatic rings. The number of carbonyl (C=O) groups excluding carboxylic acids is 2. The Bertz CT molecular complexity index is 635. The van der Waals surface area contributed by atoms with Crippen molar-refractivity contribution in [3.8, 4) is 0 Å². The monoisotopic (exact) mass is 297 g/mol. The fourth-order valence-corrected chi connectivity index (χ4v) is 2.05. The fraction of sp³-hybridized carbons (Fsp3) is 0.222. The molecule has 1 N–H and O–H groups in total. The summed E-state index contributed by atoms with van der Waals surface area (Å²) in [7, 11) is 0. The molecule has 2 aromatic carbocycles. The number of rotatable bonds is 5. The summed E-state index contributed by atoms with van der Waals surface area (Å²) < 4.78 is 4.92. The number of hydrogen-bond donors (Lipinski definition) is 1. The highest BCUT2D eigenvalue weighted by Gasteiger charge is 2.15. The molecule has 1 amide bonds. The van der Waals surface area contributed by atoms with E-state index < -0.39 is 0 Å². The maximum Gasteiger partial charge on any atom is 0.338 e. The second-order valence-electron chi connectivity index (χ2n) is 4.92. The maximum atomic E-state index is 12.2. The smallest absolute Gasteiger partial charge is 0.338 e. The van der Waals surface area contributed by atoms with Crippen LogP contribution < -0.4 is 5.32 Å². The summed E-state index contributed by atoms with van der Waals surface area (Å²) >= 11 is 0. The van der Waals surface area contributed by atoms with Gasteiger partial charge >= 0.3 is 5.97 Å². The van der Waals surface area contributed by atoms with Gasteiger partial charge in [-0.1, -0.05) is 30.3 Å². The number of nitrogens with one attached hydrogen (secondary N) is 1. The molecule has 22 heavy (non-hydrogen) atoms. The van der Waals surface area contributed by atoms with E-state index in [9.17, 15) is 9.59 Å². The lowest BCUT2D eigenvalue weighted by molar-refractivity contribution is -0.117. The highest BCUT2D eigenvalue weighted by molar-refractivity contribution is 5.96. The van der Waals surface area contributed by atoms with Gasteiger partial charge < -0.3 is 10.1 Å². The lowest BCUT2D eigenvalue weighted by Crippen LogP contribution is -2.18. The van der Waals surface area contributed by atoms with Crippen molar-refractivity contribution in [3.63, 3.8) is 0 Å². The largest absolute Gasteiger partial charge is 0.462 e. The minimum absolute atomic E-state index is 0.0879. The molecular formula is C18H19NO3. The number of ether oxygens (including phenoxy) is 1. The highest BCUT2D eigenvalue weighted by atomic mass is 16.5. The topological polar surface area (TPSA) is 55.4 Å². The molecule has 2 aromatic rings. The van der Waals surface area contributed by atoms with Crippen molar-refractivity contribution in [1.82, 2.24) is 0 Å². The summed E-state index contributed by atoms with van der Waals surface area (Å²) in [5.41, 5.74) is 2.08. The van der Waals surface area contributed by atoms with Crippen molar-refractivity contribution in [2.45, 2.75) is 19.8 Å². The Morgan fingerprint density at radius 2 is 1.68 bits per heavy atom. The van der Waals surface area contributed by atoms with Crippen LogP contribution >= 0.6 is 0 Å². The van der Waals surface area contributed by atoms with Gasteiger partial charge in [0, 0.05) is 5.69 Å². The average molecular weight is 297 g/mol. The van der Waals surface area contributed by atoms with E-state index in [-0.39, 0.29) is 17.8 Å². The van der Waals surface area contributed by atoms with Crippen molar-refractivity contribution < 1.29 is 14.3 Å². The Morgan fingerprint density at radius 3 is 2.27 bits per heavy atom. The van der Waals surface area contributed by atoms with Gasteiger partial charge in [0.05, 0.1) is 18.1 Å². The van der Waals surface area contributed by atoms with E-state index in [2.05, 4.69) is 5.32 Å². The second kappa shape index (κ2) is 7.41. The molecule has 0 heterocycles. The van der Waals surface area contributed by atoms with Crippen LogP contribution in [-0.2, 0) is 9.53 Å². The first-order chi connectivity index (χ1) is 10.6. The predicted octanol–water partition coefficient (Wildman–Crippen LogP) is 3.61. The molecule has 1 unspecified atom stereocenters. The van der Waals surface area contributed by atoms with Crippen LogP contribution in [-0.4, -0.2) is 18.5 Å². The molecule has 4 nitrogen and oxygen atoms in total. The van der Waals surface area contributed by atoms with E-state index in [0.29, 0.717) is 17.9 Å². The molecule has 0 spiro atoms. The van der Waals surface area contributed by atoms with E-state index in [0.717, 1.165) is 5.56 Å². The van der Waals surface area contributed by atoms with Crippen LogP contribution in [0.15, 0.2) is 54.6 Å². The van der Waals surface area contributed by atoms with E-state index in [1.54, 1.807) is 31.2 Å². The normalized spacial score (nSPS) is 11.5. The Balaban J connectivity index is 2.01. The molecule has 0 saturated heterocycles. The third-order valence-electron chi connectivity index (χ3n) is 3.36. The number of hydrogen-bond acceptors (Lipinski definition) is 3. The van der Waals surface area contributed by atoms with E-state index >= 15 is 0 Å². The molecule has 1 atom stereocenters. The van der Waals surface area contributed by atoms with Crippen molar-refractivity contribution in [1.29, 1.82) is 0 Å². The molecule has 0 aliphatic carbocycles. The second-order valence-corrected chi connectivity index (χ2v) is 4.92. The molecule has 0 aliphatic heterocycles. The number of anilines is 1. The van der Waals surface area contributed by atoms with Crippen LogP contribution in [0.5, 0.6) is 0 Å². The van der Waals surface area contributed by atoms with Gasteiger partial charge in [0.1, 0.15) is 0 Å². The first kappa shape index (κ1) is 15.8. The van der Waals surface area contributed by atoms with Crippen LogP contribution in [0, 0.1) is 0 Å². The molecule has 0 aromatic heterocycles. The molecule has 0 bridgehead atoms. The number of amides is 1. The first-order valence-electron chi connectivity index (χ1n) is 7.24. The van der Waals surface area contributed by atoms with Gasteiger partial charge in [0.2, 0.25) is 5.91 Å². The first-order valence-corrected chi connectivity index (χ1v) is 7.24. The Morgan fingerprint density at radius 1 is 1.05 bits per heavy atom. The molecule has 0 radical (unpaired) electrons. The minimum Gasteiger partial charge on any atom is -0.462 e. The standard InChI is InChI=1S/C18H19NO3/c1-3-22-18(21)15-9-11-16(12-10-15)19-17(20)13(2)14-7-5-4-6-8-14/h4-13H,3H2,1-2H3,(H,19,20). The maximum absolute atomic E-state index is 12.2. The third kappa shape index (κ3) is 3.95. The van der Waals surface area contributed by atoms with Gasteiger partial charge in [-0.3, -0.25) is 4.79 Å². The molecule has 0 saturated carbocycles. The summed E-state index contributed by atoms with van der Waals surface area (Å²) in [6.07, 6.45) is 0. The van der Waals surface area contributed by atoms with Gasteiger partial charge in [-0.25, -0.2) is 4.79 Å². The molecular weight excluding hydrogens is 278 g/mol. The Labute approximate surface area is 130 Å². The van der Waals surface area contributed by atoms with Crippen LogP contribution in [0.25, 0.3) is 0 Å². The number of esters is 1. The van der Waals surface area contributed by atoms with E-state index in [1.165, 1.54) is 0 Å². The van der Waals surface area contributed by atoms with Gasteiger partial charge in [-0.15, -0.1) is 0 Å². The number of carbonyl (C=O) groups is 2. The summed E-state index contributed by atoms with van der Waals surface area (Å²) in [6.45, 7) is 3.96. The summed E-state index contributed by atoms with van der Waals surface area (Å²) in [4.78, 5) is 23.8. The van der Waals surface area contributed by atoms with Gasteiger partial charge in [0.15, 0.2) is 0 Å². The SMILES string of the molecule is CCOC(=O)c1ccc(NC(=O)C(C)c2ccccc2)cc1. The van der Waals surface area contributed by atoms with Crippen molar-refractivity contribution in [3.05, 3.63) is 65.7 Å². The lowest BCUT2D eigenvalue weighted by atomic mass is 10.0. The molecule has 0 fully saturated rings. The quantitative estimate of drug-likeness (QED) is 0.858. The van der Waals surface area contributed by atoms with Gasteiger partial charge in [-0.05, 0) is 43.7 Å². The van der Waals surface area contributed by atoms with E-state index in [4.69, 9.17) is 4.74 Å². The van der Waals surface area contributed by atoms with Gasteiger partial charge in [-0.2, -0.15) is 0 Å². The Hall–Kier alpha value is -2.62. The van der Waals surface area contributed by atoms with Crippen LogP contribution in [0.1, 0.15) is 35.7 Å². The van der Waals surface area contributed by atoms with Crippen LogP contribution in [0.3, 0.4) is 0 Å². The van der Waals surface area contributed by atoms with Crippen molar-refractivity contribution >= 4 is 17.6 Å². The fourth-order valence-electron chi connectivity index (χ4n) is 2.05. The Kier molecular flexibility index (Phi) is 5.31. The van der Waals surface area contributed by atoms with Crippen LogP contribution in [0.4, 0.5) is 5.69 Å². The molecule has 2 rings (SSSR count). The zero-order valence-corrected chi connectivity index (χ0v) is 12.7. The predicted molar refractivity (Wildman–Crippen MR) is 85.9 cm³/mol. The van der Waals surface area contributed by atoms with Crippen LogP contribution in [0.2, 0.25) is 0 Å². The molecule has 114 valence electrons. The summed E-state index contributed by atoms with van der Waals surface area (Å²) in [6, 6.07) is 16.3. The van der Waals surface area contributed by atoms with E-state index in [1.807, 2.05) is 37.3 Å². The van der Waals surface area contributed by atoms with Crippen molar-refractivity contribution in [2.24, 2.45) is 0 Å². The summed E-state index contributed by atoms with van der Waals surface area (Å²) in [5.74, 6) is -0.695. The van der Waals surface area contributed by atoms with Gasteiger partial charge in [0.25, 0.3) is 0 Å². The molecule has 4 heteroatoms.